The second-order valence-electron chi connectivity index (χ2n) is 11.6. The molecule has 0 aliphatic carbocycles. The van der Waals surface area contributed by atoms with Crippen LogP contribution in [0.2, 0.25) is 0 Å². The molecule has 0 aliphatic rings. The number of hydrogen-bond acceptors (Lipinski definition) is 4. The predicted octanol–water partition coefficient (Wildman–Crippen LogP) is 10.2. The number of pyridine rings is 2. The minimum Gasteiger partial charge on any atom is -0.245 e. The van der Waals surface area contributed by atoms with E-state index < -0.39 is 0 Å². The van der Waals surface area contributed by atoms with E-state index in [1.807, 2.05) is 66.7 Å². The summed E-state index contributed by atoms with van der Waals surface area (Å²) < 4.78 is 0. The quantitative estimate of drug-likeness (QED) is 0.184. The molecule has 0 amide bonds. The van der Waals surface area contributed by atoms with Crippen LogP contribution >= 0.6 is 0 Å². The van der Waals surface area contributed by atoms with Crippen molar-refractivity contribution in [1.82, 2.24) is 25.0 Å². The van der Waals surface area contributed by atoms with Gasteiger partial charge in [0.25, 0.3) is 0 Å². The Kier molecular flexibility index (Phi) is 6.39. The largest absolute Gasteiger partial charge is 0.245 e. The van der Waals surface area contributed by atoms with Gasteiger partial charge in [-0.1, -0.05) is 109 Å². The van der Waals surface area contributed by atoms with Crippen molar-refractivity contribution in [3.63, 3.8) is 0 Å². The number of nitrogens with zero attached hydrogens (tertiary/aromatic N) is 5. The Morgan fingerprint density at radius 1 is 0.383 bits per heavy atom. The first kappa shape index (κ1) is 26.9. The van der Waals surface area contributed by atoms with Gasteiger partial charge in [-0.15, -0.1) is 10.2 Å². The zero-order chi connectivity index (χ0) is 31.2. The molecular formula is C42H27N5. The van der Waals surface area contributed by atoms with Crippen molar-refractivity contribution < 1.29 is 0 Å². The van der Waals surface area contributed by atoms with Crippen molar-refractivity contribution in [3.05, 3.63) is 164 Å². The highest BCUT2D eigenvalue weighted by molar-refractivity contribution is 6.11. The topological polar surface area (TPSA) is 56.5 Å². The van der Waals surface area contributed by atoms with E-state index in [1.165, 1.54) is 0 Å². The van der Waals surface area contributed by atoms with Crippen molar-refractivity contribution >= 4 is 32.8 Å². The molecule has 5 heteroatoms. The van der Waals surface area contributed by atoms with Crippen LogP contribution in [0.3, 0.4) is 0 Å². The monoisotopic (exact) mass is 601 g/mol. The van der Waals surface area contributed by atoms with E-state index in [0.29, 0.717) is 0 Å². The molecule has 0 radical (unpaired) electrons. The van der Waals surface area contributed by atoms with Crippen molar-refractivity contribution in [1.29, 1.82) is 0 Å². The van der Waals surface area contributed by atoms with Crippen LogP contribution in [-0.2, 0) is 0 Å². The highest BCUT2D eigenvalue weighted by atomic mass is 15.5. The lowest BCUT2D eigenvalue weighted by Gasteiger charge is -2.14. The van der Waals surface area contributed by atoms with Gasteiger partial charge in [0.05, 0.1) is 28.1 Å². The van der Waals surface area contributed by atoms with Crippen LogP contribution in [0.15, 0.2) is 164 Å². The smallest absolute Gasteiger partial charge is 0.113 e. The van der Waals surface area contributed by atoms with Gasteiger partial charge in [-0.2, -0.15) is 4.80 Å². The summed E-state index contributed by atoms with van der Waals surface area (Å²) in [6, 6.07) is 56.4. The lowest BCUT2D eigenvalue weighted by Crippen LogP contribution is -1.98. The summed E-state index contributed by atoms with van der Waals surface area (Å²) >= 11 is 0. The Labute approximate surface area is 271 Å². The van der Waals surface area contributed by atoms with Gasteiger partial charge in [0.1, 0.15) is 11.0 Å². The van der Waals surface area contributed by atoms with Crippen LogP contribution in [0.4, 0.5) is 0 Å². The van der Waals surface area contributed by atoms with Crippen molar-refractivity contribution in [2.75, 3.05) is 0 Å². The van der Waals surface area contributed by atoms with Crippen molar-refractivity contribution in [3.8, 4) is 50.5 Å². The van der Waals surface area contributed by atoms with Gasteiger partial charge >= 0.3 is 0 Å². The van der Waals surface area contributed by atoms with Crippen LogP contribution in [-0.4, -0.2) is 25.0 Å². The van der Waals surface area contributed by atoms with Crippen LogP contribution in [0.25, 0.3) is 83.3 Å². The SMILES string of the molecule is c1ccc(-c2ccc3cc(-c4cccc(-c5cccc(-n6nc7ccccc7n6)c5)c4)c4ccc(-c5ccccc5)nc4c3n2)cc1. The zero-order valence-electron chi connectivity index (χ0n) is 25.3. The zero-order valence-corrected chi connectivity index (χ0v) is 25.3. The average molecular weight is 602 g/mol. The third-order valence-corrected chi connectivity index (χ3v) is 8.65. The maximum atomic E-state index is 5.26. The first-order chi connectivity index (χ1) is 23.3. The molecule has 220 valence electrons. The molecule has 5 nitrogen and oxygen atoms in total. The van der Waals surface area contributed by atoms with Gasteiger partial charge in [0, 0.05) is 21.9 Å². The van der Waals surface area contributed by atoms with Crippen LogP contribution in [0.5, 0.6) is 0 Å². The molecule has 3 aromatic heterocycles. The fourth-order valence-electron chi connectivity index (χ4n) is 6.30. The van der Waals surface area contributed by atoms with Gasteiger partial charge in [-0.05, 0) is 76.9 Å². The minimum absolute atomic E-state index is 0.873. The van der Waals surface area contributed by atoms with Gasteiger partial charge in [0.15, 0.2) is 0 Å². The molecule has 0 N–H and O–H groups in total. The molecule has 0 aliphatic heterocycles. The number of aromatic nitrogens is 5. The second-order valence-corrected chi connectivity index (χ2v) is 11.6. The second kappa shape index (κ2) is 11.2. The van der Waals surface area contributed by atoms with E-state index in [1.54, 1.807) is 4.80 Å². The highest BCUT2D eigenvalue weighted by Gasteiger charge is 2.15. The molecule has 47 heavy (non-hydrogen) atoms. The van der Waals surface area contributed by atoms with E-state index in [4.69, 9.17) is 20.2 Å². The summed E-state index contributed by atoms with van der Waals surface area (Å²) in [6.07, 6.45) is 0. The van der Waals surface area contributed by atoms with E-state index in [2.05, 4.69) is 97.1 Å². The Morgan fingerprint density at radius 2 is 0.936 bits per heavy atom. The van der Waals surface area contributed by atoms with E-state index in [-0.39, 0.29) is 0 Å². The molecule has 0 saturated heterocycles. The fourth-order valence-corrected chi connectivity index (χ4v) is 6.30. The molecular weight excluding hydrogens is 574 g/mol. The third kappa shape index (κ3) is 4.91. The maximum absolute atomic E-state index is 5.26. The summed E-state index contributed by atoms with van der Waals surface area (Å²) in [5.74, 6) is 0. The maximum Gasteiger partial charge on any atom is 0.113 e. The van der Waals surface area contributed by atoms with Crippen LogP contribution in [0.1, 0.15) is 0 Å². The van der Waals surface area contributed by atoms with Crippen LogP contribution in [0, 0.1) is 0 Å². The molecule has 9 rings (SSSR count). The van der Waals surface area contributed by atoms with E-state index in [9.17, 15) is 0 Å². The first-order valence-electron chi connectivity index (χ1n) is 15.7. The standard InChI is InChI=1S/C42H27N5/c1-3-11-28(12-4-1)37-23-21-33-27-36(35-22-24-38(29-13-5-2-6-14-29)44-42(35)41(33)43-37)32-17-9-15-30(25-32)31-16-10-18-34(26-31)47-45-39-19-7-8-20-40(39)46-47/h1-27H. The first-order valence-corrected chi connectivity index (χ1v) is 15.7. The summed E-state index contributed by atoms with van der Waals surface area (Å²) in [4.78, 5) is 12.2. The Balaban J connectivity index is 1.20. The fraction of sp³-hybridized carbons (Fsp3) is 0. The van der Waals surface area contributed by atoms with E-state index in [0.717, 1.165) is 83.3 Å². The lowest BCUT2D eigenvalue weighted by atomic mass is 9.94. The van der Waals surface area contributed by atoms with Gasteiger partial charge in [-0.25, -0.2) is 9.97 Å². The lowest BCUT2D eigenvalue weighted by molar-refractivity contribution is 0.766. The highest BCUT2D eigenvalue weighted by Crippen LogP contribution is 2.37. The molecule has 0 bridgehead atoms. The molecule has 3 heterocycles. The molecule has 9 aromatic rings. The molecule has 6 aromatic carbocycles. The molecule has 0 fully saturated rings. The molecule has 0 saturated carbocycles. The number of hydrogen-bond donors (Lipinski definition) is 0. The molecule has 0 spiro atoms. The Bertz CT molecular complexity index is 2540. The van der Waals surface area contributed by atoms with Crippen molar-refractivity contribution in [2.45, 2.75) is 0 Å². The molecule has 0 unspecified atom stereocenters. The third-order valence-electron chi connectivity index (χ3n) is 8.65. The summed E-state index contributed by atoms with van der Waals surface area (Å²) in [5.41, 5.74) is 12.9. The van der Waals surface area contributed by atoms with Gasteiger partial charge in [-0.3, -0.25) is 0 Å². The molecule has 0 atom stereocenters. The summed E-state index contributed by atoms with van der Waals surface area (Å²) in [7, 11) is 0. The van der Waals surface area contributed by atoms with Crippen LogP contribution < -0.4 is 0 Å². The normalized spacial score (nSPS) is 11.4. The van der Waals surface area contributed by atoms with Gasteiger partial charge in [0.2, 0.25) is 0 Å². The van der Waals surface area contributed by atoms with Gasteiger partial charge < -0.3 is 0 Å². The summed E-state index contributed by atoms with van der Waals surface area (Å²) in [6.45, 7) is 0. The van der Waals surface area contributed by atoms with E-state index >= 15 is 0 Å². The minimum atomic E-state index is 0.873. The summed E-state index contributed by atoms with van der Waals surface area (Å²) in [5, 5.41) is 11.5. The Hall–Kier alpha value is -6.46. The number of fused-ring (bicyclic) bond motifs is 4. The average Bonchev–Trinajstić information content (AvgIpc) is 3.60. The predicted molar refractivity (Wildman–Crippen MR) is 191 cm³/mol. The Morgan fingerprint density at radius 3 is 1.64 bits per heavy atom. The van der Waals surface area contributed by atoms with Crippen molar-refractivity contribution in [2.24, 2.45) is 0 Å². The number of benzene rings is 6. The number of rotatable bonds is 5.